The Kier molecular flexibility index (Phi) is 10.1. The maximum atomic E-state index is 12.4. The predicted octanol–water partition coefficient (Wildman–Crippen LogP) is 2.88. The largest absolute Gasteiger partial charge is 0.412 e. The van der Waals surface area contributed by atoms with Gasteiger partial charge in [-0.05, 0) is 32.6 Å². The van der Waals surface area contributed by atoms with Crippen LogP contribution in [0.1, 0.15) is 6.42 Å². The molecule has 0 radical (unpaired) electrons. The molecule has 0 saturated heterocycles. The molecule has 3 rings (SSSR count). The van der Waals surface area contributed by atoms with Crippen LogP contribution in [-0.2, 0) is 11.3 Å². The first-order chi connectivity index (χ1) is 13.1. The number of rotatable bonds is 8. The second-order valence-corrected chi connectivity index (χ2v) is 6.80. The number of carbonyl (C=O) groups is 1. The average Bonchev–Trinajstić information content (AvgIpc) is 3.10. The molecule has 1 aromatic heterocycles. The van der Waals surface area contributed by atoms with Crippen molar-refractivity contribution in [3.8, 4) is 22.4 Å². The molecule has 7 heteroatoms. The minimum atomic E-state index is -0.0198. The van der Waals surface area contributed by atoms with Gasteiger partial charge in [0.05, 0.1) is 11.9 Å². The Morgan fingerprint density at radius 1 is 1.00 bits per heavy atom. The zero-order valence-corrected chi connectivity index (χ0v) is 17.7. The Morgan fingerprint density at radius 3 is 2.17 bits per heavy atom. The van der Waals surface area contributed by atoms with Gasteiger partial charge in [-0.3, -0.25) is 9.48 Å². The lowest BCUT2D eigenvalue weighted by Gasteiger charge is -2.12. The molecule has 1 amide bonds. The standard InChI is InChI=1S/C22H26N4O.ClH.H2O/c1-25(2)15-9-14-23-21(27)17-26-22(19-12-7-4-8-13-19)20(16-24-26)18-10-5-3-6-11-18;;/h3-8,10-13,16H,9,14-15,17H2,1-2H3,(H,23,27);1H;1H2. The summed E-state index contributed by atoms with van der Waals surface area (Å²) in [6.07, 6.45) is 2.77. The van der Waals surface area contributed by atoms with E-state index in [1.807, 2.05) is 56.7 Å². The Labute approximate surface area is 178 Å². The van der Waals surface area contributed by atoms with Crippen molar-refractivity contribution in [3.63, 3.8) is 0 Å². The third-order valence-corrected chi connectivity index (χ3v) is 4.37. The van der Waals surface area contributed by atoms with Crippen molar-refractivity contribution >= 4 is 18.3 Å². The van der Waals surface area contributed by atoms with Crippen molar-refractivity contribution in [2.24, 2.45) is 0 Å². The summed E-state index contributed by atoms with van der Waals surface area (Å²) in [6, 6.07) is 20.2. The molecular weight excluding hydrogens is 388 g/mol. The molecule has 0 atom stereocenters. The summed E-state index contributed by atoms with van der Waals surface area (Å²) in [5, 5.41) is 7.50. The van der Waals surface area contributed by atoms with E-state index in [0.717, 1.165) is 35.3 Å². The molecule has 6 nitrogen and oxygen atoms in total. The molecule has 0 aliphatic carbocycles. The topological polar surface area (TPSA) is 81.7 Å². The number of benzene rings is 2. The van der Waals surface area contributed by atoms with Gasteiger partial charge in [-0.15, -0.1) is 12.4 Å². The van der Waals surface area contributed by atoms with Crippen LogP contribution in [0.15, 0.2) is 66.9 Å². The summed E-state index contributed by atoms with van der Waals surface area (Å²) in [5.74, 6) is -0.0198. The van der Waals surface area contributed by atoms with Crippen molar-refractivity contribution in [3.05, 3.63) is 66.9 Å². The summed E-state index contributed by atoms with van der Waals surface area (Å²) in [6.45, 7) is 1.83. The van der Waals surface area contributed by atoms with Crippen LogP contribution in [0.5, 0.6) is 0 Å². The van der Waals surface area contributed by atoms with E-state index in [9.17, 15) is 4.79 Å². The van der Waals surface area contributed by atoms with E-state index in [0.29, 0.717) is 6.54 Å². The van der Waals surface area contributed by atoms with Gasteiger partial charge in [-0.1, -0.05) is 60.7 Å². The fraction of sp³-hybridized carbons (Fsp3) is 0.273. The first-order valence-corrected chi connectivity index (χ1v) is 9.23. The molecule has 29 heavy (non-hydrogen) atoms. The quantitative estimate of drug-likeness (QED) is 0.573. The summed E-state index contributed by atoms with van der Waals surface area (Å²) in [7, 11) is 4.06. The van der Waals surface area contributed by atoms with Crippen molar-refractivity contribution in [1.29, 1.82) is 0 Å². The number of halogens is 1. The van der Waals surface area contributed by atoms with Crippen LogP contribution in [0.25, 0.3) is 22.4 Å². The molecule has 0 aliphatic rings. The molecule has 2 aromatic carbocycles. The molecule has 156 valence electrons. The molecule has 3 N–H and O–H groups in total. The van der Waals surface area contributed by atoms with E-state index in [1.54, 1.807) is 4.68 Å². The molecular formula is C22H29ClN4O2. The zero-order valence-electron chi connectivity index (χ0n) is 16.8. The van der Waals surface area contributed by atoms with Gasteiger partial charge < -0.3 is 15.7 Å². The van der Waals surface area contributed by atoms with Gasteiger partial charge in [0.2, 0.25) is 5.91 Å². The fourth-order valence-electron chi connectivity index (χ4n) is 3.05. The summed E-state index contributed by atoms with van der Waals surface area (Å²) >= 11 is 0. The van der Waals surface area contributed by atoms with E-state index >= 15 is 0 Å². The van der Waals surface area contributed by atoms with Gasteiger partial charge >= 0.3 is 0 Å². The van der Waals surface area contributed by atoms with E-state index in [1.165, 1.54) is 0 Å². The second-order valence-electron chi connectivity index (χ2n) is 6.80. The van der Waals surface area contributed by atoms with Crippen LogP contribution >= 0.6 is 12.4 Å². The van der Waals surface area contributed by atoms with Gasteiger partial charge in [-0.25, -0.2) is 0 Å². The van der Waals surface area contributed by atoms with Crippen LogP contribution in [-0.4, -0.2) is 53.2 Å². The van der Waals surface area contributed by atoms with Gasteiger partial charge in [-0.2, -0.15) is 5.10 Å². The lowest BCUT2D eigenvalue weighted by atomic mass is 10.0. The smallest absolute Gasteiger partial charge is 0.241 e. The molecule has 0 bridgehead atoms. The first kappa shape index (κ1) is 24.4. The van der Waals surface area contributed by atoms with Crippen LogP contribution in [0.2, 0.25) is 0 Å². The van der Waals surface area contributed by atoms with Crippen molar-refractivity contribution in [2.45, 2.75) is 13.0 Å². The molecule has 0 saturated carbocycles. The zero-order chi connectivity index (χ0) is 19.1. The highest BCUT2D eigenvalue weighted by molar-refractivity contribution is 5.85. The normalized spacial score (nSPS) is 10.2. The lowest BCUT2D eigenvalue weighted by Crippen LogP contribution is -2.30. The highest BCUT2D eigenvalue weighted by Crippen LogP contribution is 2.31. The number of nitrogens with zero attached hydrogens (tertiary/aromatic N) is 3. The number of amides is 1. The minimum absolute atomic E-state index is 0. The molecule has 3 aromatic rings. The second kappa shape index (κ2) is 12.0. The Morgan fingerprint density at radius 2 is 1.59 bits per heavy atom. The molecule has 0 spiro atoms. The minimum Gasteiger partial charge on any atom is -0.412 e. The SMILES string of the molecule is CN(C)CCCNC(=O)Cn1ncc(-c2ccccc2)c1-c1ccccc1.Cl.O. The number of hydrogen-bond acceptors (Lipinski definition) is 3. The summed E-state index contributed by atoms with van der Waals surface area (Å²) in [4.78, 5) is 14.5. The summed E-state index contributed by atoms with van der Waals surface area (Å²) < 4.78 is 1.79. The van der Waals surface area contributed by atoms with Crippen LogP contribution in [0.3, 0.4) is 0 Å². The van der Waals surface area contributed by atoms with E-state index in [-0.39, 0.29) is 30.3 Å². The molecule has 0 aliphatic heterocycles. The number of carbonyl (C=O) groups excluding carboxylic acids is 1. The Hall–Kier alpha value is -2.67. The van der Waals surface area contributed by atoms with Crippen molar-refractivity contribution in [2.75, 3.05) is 27.2 Å². The number of hydrogen-bond donors (Lipinski definition) is 1. The lowest BCUT2D eigenvalue weighted by molar-refractivity contribution is -0.121. The summed E-state index contributed by atoms with van der Waals surface area (Å²) in [5.41, 5.74) is 4.13. The van der Waals surface area contributed by atoms with Crippen LogP contribution in [0, 0.1) is 0 Å². The fourth-order valence-corrected chi connectivity index (χ4v) is 3.05. The van der Waals surface area contributed by atoms with Gasteiger partial charge in [0, 0.05) is 17.7 Å². The van der Waals surface area contributed by atoms with Gasteiger partial charge in [0.25, 0.3) is 0 Å². The highest BCUT2D eigenvalue weighted by atomic mass is 35.5. The molecule has 0 unspecified atom stereocenters. The van der Waals surface area contributed by atoms with E-state index in [4.69, 9.17) is 0 Å². The number of aromatic nitrogens is 2. The third-order valence-electron chi connectivity index (χ3n) is 4.37. The van der Waals surface area contributed by atoms with Crippen molar-refractivity contribution < 1.29 is 10.3 Å². The maximum Gasteiger partial charge on any atom is 0.241 e. The van der Waals surface area contributed by atoms with Gasteiger partial charge in [0.15, 0.2) is 0 Å². The van der Waals surface area contributed by atoms with E-state index < -0.39 is 0 Å². The first-order valence-electron chi connectivity index (χ1n) is 9.23. The van der Waals surface area contributed by atoms with Crippen molar-refractivity contribution in [1.82, 2.24) is 20.0 Å². The molecule has 0 fully saturated rings. The van der Waals surface area contributed by atoms with Crippen LogP contribution < -0.4 is 5.32 Å². The Balaban J connectivity index is 0.00000210. The van der Waals surface area contributed by atoms with E-state index in [2.05, 4.69) is 39.6 Å². The highest BCUT2D eigenvalue weighted by Gasteiger charge is 2.16. The monoisotopic (exact) mass is 416 g/mol. The van der Waals surface area contributed by atoms with Gasteiger partial charge in [0.1, 0.15) is 6.54 Å². The predicted molar refractivity (Wildman–Crippen MR) is 120 cm³/mol. The van der Waals surface area contributed by atoms with Crippen LogP contribution in [0.4, 0.5) is 0 Å². The maximum absolute atomic E-state index is 12.4. The molecule has 1 heterocycles. The third kappa shape index (κ3) is 6.71. The number of nitrogens with one attached hydrogen (secondary N) is 1. The average molecular weight is 417 g/mol. The Bertz CT molecular complexity index is 867.